The topological polar surface area (TPSA) is 15.3 Å². The number of benzene rings is 1. The Kier molecular flexibility index (Phi) is 4.93. The van der Waals surface area contributed by atoms with Gasteiger partial charge in [0.1, 0.15) is 0 Å². The SMILES string of the molecule is CC(C)NCC1CCN(c2ccc(Br)c(Cl)c2)C1. The summed E-state index contributed by atoms with van der Waals surface area (Å²) in [6, 6.07) is 6.77. The van der Waals surface area contributed by atoms with E-state index < -0.39 is 0 Å². The van der Waals surface area contributed by atoms with Crippen LogP contribution in [0.1, 0.15) is 20.3 Å². The summed E-state index contributed by atoms with van der Waals surface area (Å²) in [6.45, 7) is 7.75. The minimum atomic E-state index is 0.571. The second-order valence-corrected chi connectivity index (χ2v) is 6.52. The predicted molar refractivity (Wildman–Crippen MR) is 82.6 cm³/mol. The second kappa shape index (κ2) is 6.27. The van der Waals surface area contributed by atoms with Gasteiger partial charge in [-0.3, -0.25) is 0 Å². The van der Waals surface area contributed by atoms with E-state index >= 15 is 0 Å². The highest BCUT2D eigenvalue weighted by Gasteiger charge is 2.22. The quantitative estimate of drug-likeness (QED) is 0.899. The Morgan fingerprint density at radius 3 is 2.94 bits per heavy atom. The smallest absolute Gasteiger partial charge is 0.0568 e. The van der Waals surface area contributed by atoms with Crippen LogP contribution in [0, 0.1) is 5.92 Å². The van der Waals surface area contributed by atoms with Gasteiger partial charge in [-0.25, -0.2) is 0 Å². The molecule has 1 heterocycles. The molecule has 1 unspecified atom stereocenters. The molecule has 1 fully saturated rings. The minimum absolute atomic E-state index is 0.571. The first kappa shape index (κ1) is 14.2. The number of nitrogens with zero attached hydrogens (tertiary/aromatic N) is 1. The zero-order valence-corrected chi connectivity index (χ0v) is 13.3. The van der Waals surface area contributed by atoms with Gasteiger partial charge in [0.2, 0.25) is 0 Å². The van der Waals surface area contributed by atoms with Crippen LogP contribution in [0.4, 0.5) is 5.69 Å². The van der Waals surface area contributed by atoms with E-state index in [0.717, 1.165) is 35.0 Å². The summed E-state index contributed by atoms with van der Waals surface area (Å²) in [5, 5.41) is 4.31. The maximum atomic E-state index is 6.15. The van der Waals surface area contributed by atoms with Gasteiger partial charge in [-0.1, -0.05) is 25.4 Å². The van der Waals surface area contributed by atoms with Crippen molar-refractivity contribution in [2.45, 2.75) is 26.3 Å². The van der Waals surface area contributed by atoms with Crippen LogP contribution in [0.5, 0.6) is 0 Å². The number of nitrogens with one attached hydrogen (secondary N) is 1. The van der Waals surface area contributed by atoms with Gasteiger partial charge in [0.05, 0.1) is 5.02 Å². The highest BCUT2D eigenvalue weighted by atomic mass is 79.9. The molecule has 0 bridgehead atoms. The molecule has 1 aliphatic rings. The Labute approximate surface area is 123 Å². The zero-order valence-electron chi connectivity index (χ0n) is 10.9. The average molecular weight is 332 g/mol. The standard InChI is InChI=1S/C14H20BrClN2/c1-10(2)17-8-11-5-6-18(9-11)12-3-4-13(15)14(16)7-12/h3-4,7,10-11,17H,5-6,8-9H2,1-2H3. The van der Waals surface area contributed by atoms with Crippen molar-refractivity contribution in [1.82, 2.24) is 5.32 Å². The van der Waals surface area contributed by atoms with E-state index in [1.807, 2.05) is 12.1 Å². The molecular formula is C14H20BrClN2. The van der Waals surface area contributed by atoms with Gasteiger partial charge >= 0.3 is 0 Å². The highest BCUT2D eigenvalue weighted by molar-refractivity contribution is 9.10. The Morgan fingerprint density at radius 2 is 2.28 bits per heavy atom. The first-order valence-corrected chi connectivity index (χ1v) is 7.66. The summed E-state index contributed by atoms with van der Waals surface area (Å²) in [7, 11) is 0. The van der Waals surface area contributed by atoms with Crippen LogP contribution >= 0.6 is 27.5 Å². The third-order valence-electron chi connectivity index (χ3n) is 3.37. The molecule has 18 heavy (non-hydrogen) atoms. The summed E-state index contributed by atoms with van der Waals surface area (Å²) >= 11 is 9.58. The monoisotopic (exact) mass is 330 g/mol. The third kappa shape index (κ3) is 3.62. The lowest BCUT2D eigenvalue weighted by molar-refractivity contribution is 0.480. The number of rotatable bonds is 4. The van der Waals surface area contributed by atoms with Crippen molar-refractivity contribution >= 4 is 33.2 Å². The molecule has 0 spiro atoms. The van der Waals surface area contributed by atoms with Gasteiger partial charge in [0.15, 0.2) is 0 Å². The molecule has 1 aromatic rings. The molecule has 1 atom stereocenters. The van der Waals surface area contributed by atoms with Crippen LogP contribution in [0.3, 0.4) is 0 Å². The molecule has 1 saturated heterocycles. The van der Waals surface area contributed by atoms with Crippen molar-refractivity contribution in [3.63, 3.8) is 0 Å². The Bertz CT molecular complexity index is 409. The Hall–Kier alpha value is -0.250. The van der Waals surface area contributed by atoms with Crippen LogP contribution in [0.25, 0.3) is 0 Å². The summed E-state index contributed by atoms with van der Waals surface area (Å²) in [5.74, 6) is 0.745. The van der Waals surface area contributed by atoms with Crippen molar-refractivity contribution in [2.24, 2.45) is 5.92 Å². The molecule has 0 radical (unpaired) electrons. The lowest BCUT2D eigenvalue weighted by Gasteiger charge is -2.20. The molecule has 0 aliphatic carbocycles. The normalized spacial score (nSPS) is 19.8. The highest BCUT2D eigenvalue weighted by Crippen LogP contribution is 2.30. The summed E-state index contributed by atoms with van der Waals surface area (Å²) in [5.41, 5.74) is 1.23. The van der Waals surface area contributed by atoms with Crippen molar-refractivity contribution in [2.75, 3.05) is 24.5 Å². The fraction of sp³-hybridized carbons (Fsp3) is 0.571. The van der Waals surface area contributed by atoms with Gasteiger partial charge in [-0.05, 0) is 53.0 Å². The van der Waals surface area contributed by atoms with E-state index in [1.165, 1.54) is 12.1 Å². The lowest BCUT2D eigenvalue weighted by Crippen LogP contribution is -2.30. The van der Waals surface area contributed by atoms with Crippen molar-refractivity contribution in [3.8, 4) is 0 Å². The predicted octanol–water partition coefficient (Wildman–Crippen LogP) is 3.93. The summed E-state index contributed by atoms with van der Waals surface area (Å²) in [6.07, 6.45) is 1.26. The van der Waals surface area contributed by atoms with Gasteiger partial charge in [-0.15, -0.1) is 0 Å². The second-order valence-electron chi connectivity index (χ2n) is 5.26. The van der Waals surface area contributed by atoms with Crippen LogP contribution in [-0.4, -0.2) is 25.7 Å². The number of hydrogen-bond acceptors (Lipinski definition) is 2. The van der Waals surface area contributed by atoms with Crippen LogP contribution in [0.15, 0.2) is 22.7 Å². The third-order valence-corrected chi connectivity index (χ3v) is 4.60. The zero-order chi connectivity index (χ0) is 13.1. The van der Waals surface area contributed by atoms with E-state index in [1.54, 1.807) is 0 Å². The van der Waals surface area contributed by atoms with Crippen LogP contribution in [-0.2, 0) is 0 Å². The maximum absolute atomic E-state index is 6.15. The fourth-order valence-corrected chi connectivity index (χ4v) is 2.74. The van der Waals surface area contributed by atoms with E-state index in [2.05, 4.69) is 46.1 Å². The number of halogens is 2. The Morgan fingerprint density at radius 1 is 1.50 bits per heavy atom. The molecule has 0 saturated carbocycles. The van der Waals surface area contributed by atoms with Gasteiger partial charge in [0, 0.05) is 29.3 Å². The van der Waals surface area contributed by atoms with E-state index in [9.17, 15) is 0 Å². The van der Waals surface area contributed by atoms with Gasteiger partial charge in [-0.2, -0.15) is 0 Å². The Balaban J connectivity index is 1.93. The average Bonchev–Trinajstić information content (AvgIpc) is 2.79. The van der Waals surface area contributed by atoms with Crippen molar-refractivity contribution in [3.05, 3.63) is 27.7 Å². The molecule has 1 aliphatic heterocycles. The molecule has 0 amide bonds. The first-order valence-electron chi connectivity index (χ1n) is 6.49. The lowest BCUT2D eigenvalue weighted by atomic mass is 10.1. The molecule has 0 aromatic heterocycles. The van der Waals surface area contributed by atoms with Crippen molar-refractivity contribution in [1.29, 1.82) is 0 Å². The molecule has 2 rings (SSSR count). The maximum Gasteiger partial charge on any atom is 0.0568 e. The van der Waals surface area contributed by atoms with Gasteiger partial charge in [0.25, 0.3) is 0 Å². The number of anilines is 1. The van der Waals surface area contributed by atoms with E-state index in [-0.39, 0.29) is 0 Å². The van der Waals surface area contributed by atoms with E-state index in [4.69, 9.17) is 11.6 Å². The van der Waals surface area contributed by atoms with Crippen LogP contribution in [0.2, 0.25) is 5.02 Å². The molecular weight excluding hydrogens is 312 g/mol. The molecule has 4 heteroatoms. The number of hydrogen-bond donors (Lipinski definition) is 1. The van der Waals surface area contributed by atoms with Gasteiger partial charge < -0.3 is 10.2 Å². The summed E-state index contributed by atoms with van der Waals surface area (Å²) < 4.78 is 0.963. The van der Waals surface area contributed by atoms with E-state index in [0.29, 0.717) is 6.04 Å². The van der Waals surface area contributed by atoms with Crippen molar-refractivity contribution < 1.29 is 0 Å². The van der Waals surface area contributed by atoms with Crippen LogP contribution < -0.4 is 10.2 Å². The first-order chi connectivity index (χ1) is 8.56. The molecule has 100 valence electrons. The summed E-state index contributed by atoms with van der Waals surface area (Å²) in [4.78, 5) is 2.42. The molecule has 2 nitrogen and oxygen atoms in total. The fourth-order valence-electron chi connectivity index (χ4n) is 2.32. The molecule has 1 N–H and O–H groups in total. The molecule has 1 aromatic carbocycles. The minimum Gasteiger partial charge on any atom is -0.371 e. The largest absolute Gasteiger partial charge is 0.371 e.